The maximum Gasteiger partial charge on any atom is 0.358 e. The van der Waals surface area contributed by atoms with Crippen LogP contribution >= 0.6 is 0 Å². The van der Waals surface area contributed by atoms with Gasteiger partial charge in [0, 0.05) is 6.54 Å². The third kappa shape index (κ3) is 4.55. The van der Waals surface area contributed by atoms with Gasteiger partial charge in [-0.15, -0.1) is 5.10 Å². The number of nitrogens with zero attached hydrogens (tertiary/aromatic N) is 3. The Balaban J connectivity index is 2.12. The monoisotopic (exact) mass is 317 g/mol. The SMILES string of the molecule is CCCCCn1nnc(C(=O)O)c1COc1cccc(CC)c1. The van der Waals surface area contributed by atoms with Crippen LogP contribution in [0.3, 0.4) is 0 Å². The molecular weight excluding hydrogens is 294 g/mol. The lowest BCUT2D eigenvalue weighted by Crippen LogP contribution is -2.11. The number of aryl methyl sites for hydroxylation is 2. The summed E-state index contributed by atoms with van der Waals surface area (Å²) >= 11 is 0. The molecule has 0 fully saturated rings. The predicted octanol–water partition coefficient (Wildman–Crippen LogP) is 3.31. The minimum Gasteiger partial charge on any atom is -0.487 e. The zero-order valence-electron chi connectivity index (χ0n) is 13.7. The zero-order valence-corrected chi connectivity index (χ0v) is 13.7. The highest BCUT2D eigenvalue weighted by Gasteiger charge is 2.19. The first-order chi connectivity index (χ1) is 11.2. The maximum atomic E-state index is 11.3. The average molecular weight is 317 g/mol. The first kappa shape index (κ1) is 17.0. The molecule has 0 aliphatic rings. The molecule has 0 aliphatic heterocycles. The van der Waals surface area contributed by atoms with Crippen molar-refractivity contribution in [2.75, 3.05) is 0 Å². The van der Waals surface area contributed by atoms with Crippen LogP contribution in [-0.4, -0.2) is 26.1 Å². The van der Waals surface area contributed by atoms with E-state index in [0.29, 0.717) is 12.2 Å². The molecule has 0 saturated carbocycles. The first-order valence-electron chi connectivity index (χ1n) is 8.03. The lowest BCUT2D eigenvalue weighted by Gasteiger charge is -2.10. The summed E-state index contributed by atoms with van der Waals surface area (Å²) in [6.07, 6.45) is 4.03. The van der Waals surface area contributed by atoms with Crippen molar-refractivity contribution in [1.29, 1.82) is 0 Å². The number of aromatic nitrogens is 3. The molecule has 0 amide bonds. The highest BCUT2D eigenvalue weighted by atomic mass is 16.5. The molecule has 1 aromatic heterocycles. The Morgan fingerprint density at radius 2 is 2.13 bits per heavy atom. The number of hydrogen-bond donors (Lipinski definition) is 1. The number of ether oxygens (including phenoxy) is 1. The molecule has 1 heterocycles. The number of benzene rings is 1. The van der Waals surface area contributed by atoms with E-state index < -0.39 is 5.97 Å². The van der Waals surface area contributed by atoms with Crippen LogP contribution < -0.4 is 4.74 Å². The molecule has 6 heteroatoms. The Hall–Kier alpha value is -2.37. The normalized spacial score (nSPS) is 10.7. The van der Waals surface area contributed by atoms with E-state index in [1.165, 1.54) is 5.56 Å². The van der Waals surface area contributed by atoms with Crippen molar-refractivity contribution in [3.05, 3.63) is 41.2 Å². The second kappa shape index (κ2) is 8.31. The quantitative estimate of drug-likeness (QED) is 0.718. The molecule has 1 aromatic carbocycles. The van der Waals surface area contributed by atoms with Crippen LogP contribution in [0.25, 0.3) is 0 Å². The van der Waals surface area contributed by atoms with Gasteiger partial charge in [0.05, 0.1) is 0 Å². The Bertz CT molecular complexity index is 652. The van der Waals surface area contributed by atoms with Gasteiger partial charge in [0.15, 0.2) is 5.69 Å². The minimum atomic E-state index is -1.08. The lowest BCUT2D eigenvalue weighted by molar-refractivity contribution is 0.0687. The first-order valence-corrected chi connectivity index (χ1v) is 8.03. The van der Waals surface area contributed by atoms with Crippen LogP contribution in [0.15, 0.2) is 24.3 Å². The van der Waals surface area contributed by atoms with E-state index >= 15 is 0 Å². The fraction of sp³-hybridized carbons (Fsp3) is 0.471. The number of carbonyl (C=O) groups is 1. The van der Waals surface area contributed by atoms with Gasteiger partial charge in [-0.05, 0) is 30.5 Å². The van der Waals surface area contributed by atoms with Crippen molar-refractivity contribution in [1.82, 2.24) is 15.0 Å². The van der Waals surface area contributed by atoms with Gasteiger partial charge in [-0.25, -0.2) is 9.48 Å². The van der Waals surface area contributed by atoms with Gasteiger partial charge in [-0.3, -0.25) is 0 Å². The number of carboxylic acids is 1. The molecule has 6 nitrogen and oxygen atoms in total. The Kier molecular flexibility index (Phi) is 6.14. The Morgan fingerprint density at radius 3 is 2.83 bits per heavy atom. The van der Waals surface area contributed by atoms with Gasteiger partial charge in [0.25, 0.3) is 0 Å². The summed E-state index contributed by atoms with van der Waals surface area (Å²) < 4.78 is 7.41. The van der Waals surface area contributed by atoms with E-state index in [1.54, 1.807) is 4.68 Å². The van der Waals surface area contributed by atoms with Crippen LogP contribution in [0.5, 0.6) is 5.75 Å². The average Bonchev–Trinajstić information content (AvgIpc) is 2.96. The number of aromatic carboxylic acids is 1. The summed E-state index contributed by atoms with van der Waals surface area (Å²) in [6, 6.07) is 7.80. The molecule has 0 spiro atoms. The summed E-state index contributed by atoms with van der Waals surface area (Å²) in [5.41, 5.74) is 1.65. The highest BCUT2D eigenvalue weighted by molar-refractivity contribution is 5.86. The fourth-order valence-electron chi connectivity index (χ4n) is 2.34. The summed E-state index contributed by atoms with van der Waals surface area (Å²) in [5.74, 6) is -0.352. The van der Waals surface area contributed by atoms with Gasteiger partial charge in [-0.2, -0.15) is 0 Å². The molecule has 0 unspecified atom stereocenters. The van der Waals surface area contributed by atoms with Crippen molar-refractivity contribution >= 4 is 5.97 Å². The number of unbranched alkanes of at least 4 members (excludes halogenated alkanes) is 2. The van der Waals surface area contributed by atoms with Gasteiger partial charge in [0.1, 0.15) is 18.1 Å². The third-order valence-corrected chi connectivity index (χ3v) is 3.70. The van der Waals surface area contributed by atoms with Gasteiger partial charge in [-0.1, -0.05) is 44.0 Å². The van der Waals surface area contributed by atoms with Crippen molar-refractivity contribution in [3.63, 3.8) is 0 Å². The lowest BCUT2D eigenvalue weighted by atomic mass is 10.2. The third-order valence-electron chi connectivity index (χ3n) is 3.70. The summed E-state index contributed by atoms with van der Waals surface area (Å²) in [4.78, 5) is 11.3. The molecule has 2 rings (SSSR count). The Morgan fingerprint density at radius 1 is 1.30 bits per heavy atom. The van der Waals surface area contributed by atoms with E-state index in [9.17, 15) is 9.90 Å². The van der Waals surface area contributed by atoms with Crippen LogP contribution in [0.4, 0.5) is 0 Å². The van der Waals surface area contributed by atoms with Crippen molar-refractivity contribution in [2.24, 2.45) is 0 Å². The molecule has 1 N–H and O–H groups in total. The van der Waals surface area contributed by atoms with Crippen LogP contribution in [-0.2, 0) is 19.6 Å². The molecule has 0 aliphatic carbocycles. The summed E-state index contributed by atoms with van der Waals surface area (Å²) in [5, 5.41) is 17.0. The van der Waals surface area contributed by atoms with Crippen LogP contribution in [0.1, 0.15) is 54.9 Å². The predicted molar refractivity (Wildman–Crippen MR) is 86.7 cm³/mol. The van der Waals surface area contributed by atoms with E-state index in [0.717, 1.165) is 31.4 Å². The fourth-order valence-corrected chi connectivity index (χ4v) is 2.34. The molecule has 124 valence electrons. The zero-order chi connectivity index (χ0) is 16.7. The maximum absolute atomic E-state index is 11.3. The van der Waals surface area contributed by atoms with Crippen molar-refractivity contribution in [3.8, 4) is 5.75 Å². The molecular formula is C17H23N3O3. The van der Waals surface area contributed by atoms with E-state index in [-0.39, 0.29) is 12.3 Å². The smallest absolute Gasteiger partial charge is 0.358 e. The molecule has 0 radical (unpaired) electrons. The molecule has 0 saturated heterocycles. The van der Waals surface area contributed by atoms with Crippen LogP contribution in [0, 0.1) is 0 Å². The largest absolute Gasteiger partial charge is 0.487 e. The topological polar surface area (TPSA) is 77.2 Å². The molecule has 23 heavy (non-hydrogen) atoms. The Labute approximate surface area is 136 Å². The van der Waals surface area contributed by atoms with Gasteiger partial charge >= 0.3 is 5.97 Å². The number of carboxylic acid groups (broad SMARTS) is 1. The molecule has 0 bridgehead atoms. The molecule has 2 aromatic rings. The summed E-state index contributed by atoms with van der Waals surface area (Å²) in [6.45, 7) is 5.00. The van der Waals surface area contributed by atoms with E-state index in [1.807, 2.05) is 24.3 Å². The van der Waals surface area contributed by atoms with E-state index in [2.05, 4.69) is 24.2 Å². The standard InChI is InChI=1S/C17H23N3O3/c1-3-5-6-10-20-15(16(17(21)22)18-19-20)12-23-14-9-7-8-13(4-2)11-14/h7-9,11H,3-6,10,12H2,1-2H3,(H,21,22). The van der Waals surface area contributed by atoms with Crippen molar-refractivity contribution in [2.45, 2.75) is 52.7 Å². The molecule has 0 atom stereocenters. The summed E-state index contributed by atoms with van der Waals surface area (Å²) in [7, 11) is 0. The van der Waals surface area contributed by atoms with E-state index in [4.69, 9.17) is 4.74 Å². The number of hydrogen-bond acceptors (Lipinski definition) is 4. The second-order valence-corrected chi connectivity index (χ2v) is 5.41. The van der Waals surface area contributed by atoms with Gasteiger partial charge < -0.3 is 9.84 Å². The second-order valence-electron chi connectivity index (χ2n) is 5.41. The van der Waals surface area contributed by atoms with Gasteiger partial charge in [0.2, 0.25) is 0 Å². The minimum absolute atomic E-state index is 0.0341. The van der Waals surface area contributed by atoms with Crippen molar-refractivity contribution < 1.29 is 14.6 Å². The van der Waals surface area contributed by atoms with Crippen LogP contribution in [0.2, 0.25) is 0 Å². The number of rotatable bonds is 9. The highest BCUT2D eigenvalue weighted by Crippen LogP contribution is 2.17.